The molecule has 6 rings (SSSR count). The molecule has 36 heavy (non-hydrogen) atoms. The molecule has 0 saturated heterocycles. The summed E-state index contributed by atoms with van der Waals surface area (Å²) in [5, 5.41) is 7.87. The van der Waals surface area contributed by atoms with Crippen molar-refractivity contribution < 1.29 is 9.18 Å². The summed E-state index contributed by atoms with van der Waals surface area (Å²) >= 11 is 0. The van der Waals surface area contributed by atoms with Crippen molar-refractivity contribution in [1.29, 1.82) is 0 Å². The molecule has 2 amide bonds. The van der Waals surface area contributed by atoms with Crippen molar-refractivity contribution in [1.82, 2.24) is 19.2 Å². The van der Waals surface area contributed by atoms with Crippen molar-refractivity contribution in [2.24, 2.45) is 0 Å². The second kappa shape index (κ2) is 8.85. The number of rotatable bonds is 3. The number of para-hydroxylation sites is 2. The topological polar surface area (TPSA) is 55.1 Å². The molecular formula is C29H24FN5O. The Morgan fingerprint density at radius 1 is 0.944 bits per heavy atom. The van der Waals surface area contributed by atoms with Gasteiger partial charge in [0.1, 0.15) is 11.6 Å². The maximum Gasteiger partial charge on any atom is 0.322 e. The number of aromatic nitrogens is 3. The number of nitrogens with one attached hydrogen (secondary N) is 1. The molecule has 0 saturated carbocycles. The molecule has 6 nitrogen and oxygen atoms in total. The zero-order chi connectivity index (χ0) is 24.6. The van der Waals surface area contributed by atoms with Gasteiger partial charge in [-0.05, 0) is 61.0 Å². The van der Waals surface area contributed by atoms with Crippen LogP contribution < -0.4 is 5.32 Å². The lowest BCUT2D eigenvalue weighted by molar-refractivity contribution is 0.194. The van der Waals surface area contributed by atoms with E-state index in [4.69, 9.17) is 5.10 Å². The lowest BCUT2D eigenvalue weighted by Gasteiger charge is -2.31. The summed E-state index contributed by atoms with van der Waals surface area (Å²) in [5.74, 6) is 0.526. The van der Waals surface area contributed by atoms with Gasteiger partial charge in [-0.1, -0.05) is 48.5 Å². The number of aryl methyl sites for hydroxylation is 1. The molecule has 178 valence electrons. The molecule has 0 spiro atoms. The molecule has 1 atom stereocenters. The number of hydrogen-bond acceptors (Lipinski definition) is 2. The summed E-state index contributed by atoms with van der Waals surface area (Å²) in [6.45, 7) is 2.26. The third kappa shape index (κ3) is 3.75. The molecule has 0 radical (unpaired) electrons. The predicted octanol–water partition coefficient (Wildman–Crippen LogP) is 6.25. The van der Waals surface area contributed by atoms with Gasteiger partial charge >= 0.3 is 6.03 Å². The first kappa shape index (κ1) is 21.9. The zero-order valence-corrected chi connectivity index (χ0v) is 19.7. The van der Waals surface area contributed by atoms with Gasteiger partial charge in [0.15, 0.2) is 0 Å². The Hall–Kier alpha value is -4.65. The fourth-order valence-electron chi connectivity index (χ4n) is 4.89. The lowest BCUT2D eigenvalue weighted by Crippen LogP contribution is -2.38. The van der Waals surface area contributed by atoms with E-state index in [2.05, 4.69) is 9.88 Å². The van der Waals surface area contributed by atoms with Gasteiger partial charge in [-0.2, -0.15) is 5.10 Å². The zero-order valence-electron chi connectivity index (χ0n) is 19.7. The maximum atomic E-state index is 14.4. The highest BCUT2D eigenvalue weighted by Crippen LogP contribution is 2.38. The van der Waals surface area contributed by atoms with E-state index in [1.54, 1.807) is 11.0 Å². The standard InChI is InChI=1S/C29H24FN5O/c1-20-25-19-34(29(36)31-23-12-4-2-5-13-23)27(21-10-8-11-22(30)18-21)26-16-9-17-33(26)28(25)35(32-20)24-14-6-3-7-15-24/h2-18,27H,19H2,1H3,(H,31,36)/t27-/m0/s1. The van der Waals surface area contributed by atoms with Crippen molar-refractivity contribution in [2.75, 3.05) is 5.32 Å². The minimum Gasteiger partial charge on any atom is -0.308 e. The second-order valence-electron chi connectivity index (χ2n) is 8.82. The molecule has 0 bridgehead atoms. The number of fused-ring (bicyclic) bond motifs is 3. The molecule has 3 aromatic carbocycles. The number of benzene rings is 3. The maximum absolute atomic E-state index is 14.4. The predicted molar refractivity (Wildman–Crippen MR) is 137 cm³/mol. The van der Waals surface area contributed by atoms with E-state index in [1.807, 2.05) is 96.7 Å². The van der Waals surface area contributed by atoms with E-state index in [0.29, 0.717) is 17.8 Å². The second-order valence-corrected chi connectivity index (χ2v) is 8.82. The summed E-state index contributed by atoms with van der Waals surface area (Å²) in [7, 11) is 0. The normalized spacial score (nSPS) is 14.6. The summed E-state index contributed by atoms with van der Waals surface area (Å²) in [6, 6.07) is 28.9. The minimum absolute atomic E-state index is 0.275. The number of urea groups is 1. The average Bonchev–Trinajstić information content (AvgIpc) is 3.45. The number of amides is 2. The van der Waals surface area contributed by atoms with Crippen molar-refractivity contribution in [3.8, 4) is 11.5 Å². The average molecular weight is 478 g/mol. The number of hydrogen-bond donors (Lipinski definition) is 1. The van der Waals surface area contributed by atoms with Crippen LogP contribution in [-0.2, 0) is 6.54 Å². The van der Waals surface area contributed by atoms with Crippen molar-refractivity contribution >= 4 is 11.7 Å². The fourth-order valence-corrected chi connectivity index (χ4v) is 4.89. The van der Waals surface area contributed by atoms with Crippen LogP contribution in [0.15, 0.2) is 103 Å². The van der Waals surface area contributed by atoms with Crippen LogP contribution in [0.25, 0.3) is 11.5 Å². The summed E-state index contributed by atoms with van der Waals surface area (Å²) in [4.78, 5) is 15.6. The molecule has 5 aromatic rings. The van der Waals surface area contributed by atoms with E-state index in [1.165, 1.54) is 12.1 Å². The number of carbonyl (C=O) groups is 1. The van der Waals surface area contributed by atoms with Crippen molar-refractivity contribution in [2.45, 2.75) is 19.5 Å². The van der Waals surface area contributed by atoms with Crippen molar-refractivity contribution in [3.63, 3.8) is 0 Å². The van der Waals surface area contributed by atoms with Gasteiger partial charge in [0, 0.05) is 17.4 Å². The Kier molecular flexibility index (Phi) is 5.37. The van der Waals surface area contributed by atoms with Crippen LogP contribution >= 0.6 is 0 Å². The third-order valence-electron chi connectivity index (χ3n) is 6.54. The van der Waals surface area contributed by atoms with Crippen LogP contribution in [0.4, 0.5) is 14.9 Å². The quantitative estimate of drug-likeness (QED) is 0.334. The Balaban J connectivity index is 1.55. The highest BCUT2D eigenvalue weighted by Gasteiger charge is 2.36. The van der Waals surface area contributed by atoms with E-state index < -0.39 is 6.04 Å². The molecular weight excluding hydrogens is 453 g/mol. The van der Waals surface area contributed by atoms with Gasteiger partial charge in [-0.15, -0.1) is 0 Å². The highest BCUT2D eigenvalue weighted by molar-refractivity contribution is 5.90. The fraction of sp³-hybridized carbons (Fsp3) is 0.103. The van der Waals surface area contributed by atoms with E-state index >= 15 is 0 Å². The van der Waals surface area contributed by atoms with Crippen molar-refractivity contribution in [3.05, 3.63) is 132 Å². The Labute approximate surface area is 208 Å². The number of carbonyl (C=O) groups excluding carboxylic acids is 1. The molecule has 0 aliphatic carbocycles. The van der Waals surface area contributed by atoms with Crippen LogP contribution in [0, 0.1) is 12.7 Å². The van der Waals surface area contributed by atoms with Gasteiger partial charge in [0.05, 0.1) is 29.7 Å². The molecule has 2 aromatic heterocycles. The van der Waals surface area contributed by atoms with Gasteiger partial charge in [-0.3, -0.25) is 0 Å². The van der Waals surface area contributed by atoms with Gasteiger partial charge in [-0.25, -0.2) is 13.9 Å². The van der Waals surface area contributed by atoms with E-state index in [9.17, 15) is 9.18 Å². The van der Waals surface area contributed by atoms with Gasteiger partial charge in [0.25, 0.3) is 0 Å². The minimum atomic E-state index is -0.518. The van der Waals surface area contributed by atoms with E-state index in [0.717, 1.165) is 28.5 Å². The SMILES string of the molecule is Cc1nn(-c2ccccc2)c2c1CN(C(=O)Nc1ccccc1)[C@@H](c1cccc(F)c1)c1cccn1-2. The summed E-state index contributed by atoms with van der Waals surface area (Å²) in [6.07, 6.45) is 1.97. The first-order chi connectivity index (χ1) is 17.6. The molecule has 3 heterocycles. The molecule has 0 unspecified atom stereocenters. The molecule has 1 aliphatic heterocycles. The van der Waals surface area contributed by atoms with E-state index in [-0.39, 0.29) is 11.8 Å². The highest BCUT2D eigenvalue weighted by atomic mass is 19.1. The Bertz CT molecular complexity index is 1540. The third-order valence-corrected chi connectivity index (χ3v) is 6.54. The van der Waals surface area contributed by atoms with Gasteiger partial charge < -0.3 is 14.8 Å². The van der Waals surface area contributed by atoms with Crippen LogP contribution in [0.1, 0.15) is 28.6 Å². The first-order valence-corrected chi connectivity index (χ1v) is 11.8. The number of nitrogens with zero attached hydrogens (tertiary/aromatic N) is 4. The number of halogens is 1. The van der Waals surface area contributed by atoms with Crippen LogP contribution in [0.5, 0.6) is 0 Å². The molecule has 1 aliphatic rings. The summed E-state index contributed by atoms with van der Waals surface area (Å²) in [5.41, 5.74) is 4.91. The lowest BCUT2D eigenvalue weighted by atomic mass is 10.0. The van der Waals surface area contributed by atoms with Crippen LogP contribution in [-0.4, -0.2) is 25.3 Å². The van der Waals surface area contributed by atoms with Crippen LogP contribution in [0.3, 0.4) is 0 Å². The molecule has 1 N–H and O–H groups in total. The summed E-state index contributed by atoms with van der Waals surface area (Å²) < 4.78 is 18.4. The largest absolute Gasteiger partial charge is 0.322 e. The van der Waals surface area contributed by atoms with Crippen LogP contribution in [0.2, 0.25) is 0 Å². The Morgan fingerprint density at radius 3 is 2.44 bits per heavy atom. The van der Waals surface area contributed by atoms with Gasteiger partial charge in [0.2, 0.25) is 0 Å². The Morgan fingerprint density at radius 2 is 1.69 bits per heavy atom. The smallest absolute Gasteiger partial charge is 0.308 e. The first-order valence-electron chi connectivity index (χ1n) is 11.8. The molecule has 7 heteroatoms. The monoisotopic (exact) mass is 477 g/mol. The molecule has 0 fully saturated rings. The number of anilines is 1.